The zero-order valence-corrected chi connectivity index (χ0v) is 13.7. The van der Waals surface area contributed by atoms with Gasteiger partial charge in [-0.15, -0.1) is 0 Å². The van der Waals surface area contributed by atoms with Crippen molar-refractivity contribution in [2.45, 2.75) is 32.3 Å². The lowest BCUT2D eigenvalue weighted by Gasteiger charge is -2.24. The van der Waals surface area contributed by atoms with E-state index in [1.807, 2.05) is 0 Å². The average molecular weight is 349 g/mol. The summed E-state index contributed by atoms with van der Waals surface area (Å²) < 4.78 is 12.6. The molecule has 10 nitrogen and oxygen atoms in total. The van der Waals surface area contributed by atoms with Crippen molar-refractivity contribution >= 4 is 17.1 Å². The minimum absolute atomic E-state index is 0.0638. The quantitative estimate of drug-likeness (QED) is 0.494. The number of nitrogen functional groups attached to an aromatic ring is 1. The zero-order valence-electron chi connectivity index (χ0n) is 13.7. The van der Waals surface area contributed by atoms with Crippen LogP contribution in [0.25, 0.3) is 22.7 Å². The predicted molar refractivity (Wildman–Crippen MR) is 88.6 cm³/mol. The number of H-pyrrole nitrogens is 1. The molecule has 0 aliphatic rings. The molecule has 10 heteroatoms. The molecule has 0 aromatic carbocycles. The zero-order chi connectivity index (χ0) is 18.1. The van der Waals surface area contributed by atoms with Gasteiger partial charge in [0, 0.05) is 0 Å². The lowest BCUT2D eigenvalue weighted by Crippen LogP contribution is -2.32. The molecule has 0 saturated heterocycles. The van der Waals surface area contributed by atoms with Gasteiger partial charge in [0.2, 0.25) is 5.95 Å². The number of hydrogen-bond acceptors (Lipinski definition) is 8. The number of aromatic amines is 1. The monoisotopic (exact) mass is 349 g/mol. The van der Waals surface area contributed by atoms with E-state index in [1.54, 1.807) is 19.1 Å². The molecule has 3 aromatic rings. The van der Waals surface area contributed by atoms with Crippen molar-refractivity contribution in [3.8, 4) is 11.6 Å². The van der Waals surface area contributed by atoms with Crippen LogP contribution in [-0.4, -0.2) is 48.5 Å². The van der Waals surface area contributed by atoms with Crippen molar-refractivity contribution in [1.29, 1.82) is 0 Å². The number of nitrogens with zero attached hydrogens (tertiary/aromatic N) is 3. The maximum Gasteiger partial charge on any atom is 0.280 e. The van der Waals surface area contributed by atoms with Gasteiger partial charge in [0.15, 0.2) is 22.7 Å². The van der Waals surface area contributed by atoms with E-state index in [0.29, 0.717) is 11.6 Å². The first kappa shape index (κ1) is 17.1. The van der Waals surface area contributed by atoms with E-state index < -0.39 is 24.0 Å². The van der Waals surface area contributed by atoms with Gasteiger partial charge >= 0.3 is 0 Å². The van der Waals surface area contributed by atoms with Crippen molar-refractivity contribution in [3.05, 3.63) is 28.7 Å². The molecule has 134 valence electrons. The van der Waals surface area contributed by atoms with Crippen LogP contribution in [0, 0.1) is 0 Å². The standard InChI is InChI=1S/C15H19N5O5/c1-7(22)10(6-21)25-8(2)20-12(9-4-3-5-24-9)17-11-13(20)18-15(16)19-14(11)23/h3-5,7-8,10,21-22H,6H2,1-2H3,(H3,16,18,19,23). The van der Waals surface area contributed by atoms with Gasteiger partial charge in [-0.1, -0.05) is 0 Å². The molecular weight excluding hydrogens is 330 g/mol. The van der Waals surface area contributed by atoms with Crippen LogP contribution < -0.4 is 11.3 Å². The SMILES string of the molecule is CC(O)C(CO)OC(C)n1c(-c2ccco2)nc2c(=O)[nH]c(N)nc21. The summed E-state index contributed by atoms with van der Waals surface area (Å²) in [5, 5.41) is 19.1. The van der Waals surface area contributed by atoms with Crippen molar-refractivity contribution in [2.75, 3.05) is 12.3 Å². The minimum Gasteiger partial charge on any atom is -0.461 e. The molecule has 3 atom stereocenters. The third-order valence-corrected chi connectivity index (χ3v) is 3.76. The smallest absolute Gasteiger partial charge is 0.280 e. The van der Waals surface area contributed by atoms with Crippen molar-refractivity contribution in [2.24, 2.45) is 0 Å². The summed E-state index contributed by atoms with van der Waals surface area (Å²) in [5.74, 6) is 0.661. The van der Waals surface area contributed by atoms with Gasteiger partial charge in [-0.3, -0.25) is 14.3 Å². The lowest BCUT2D eigenvalue weighted by molar-refractivity contribution is -0.110. The molecule has 3 aromatic heterocycles. The van der Waals surface area contributed by atoms with Gasteiger partial charge in [0.25, 0.3) is 5.56 Å². The van der Waals surface area contributed by atoms with E-state index >= 15 is 0 Å². The summed E-state index contributed by atoms with van der Waals surface area (Å²) in [6.45, 7) is 2.81. The summed E-state index contributed by atoms with van der Waals surface area (Å²) in [6.07, 6.45) is -0.958. The van der Waals surface area contributed by atoms with E-state index in [1.165, 1.54) is 17.8 Å². The predicted octanol–water partition coefficient (Wildman–Crippen LogP) is 0.239. The van der Waals surface area contributed by atoms with Crippen LogP contribution in [0.4, 0.5) is 5.95 Å². The van der Waals surface area contributed by atoms with Crippen molar-refractivity contribution < 1.29 is 19.4 Å². The number of aliphatic hydroxyl groups excluding tert-OH is 2. The highest BCUT2D eigenvalue weighted by Gasteiger charge is 2.26. The van der Waals surface area contributed by atoms with Crippen molar-refractivity contribution in [1.82, 2.24) is 19.5 Å². The minimum atomic E-state index is -0.893. The number of rotatable bonds is 6. The fourth-order valence-corrected chi connectivity index (χ4v) is 2.55. The van der Waals surface area contributed by atoms with Crippen LogP contribution in [0.1, 0.15) is 20.1 Å². The van der Waals surface area contributed by atoms with Gasteiger partial charge in [-0.2, -0.15) is 4.98 Å². The number of hydrogen-bond donors (Lipinski definition) is 4. The maximum atomic E-state index is 12.1. The van der Waals surface area contributed by atoms with Crippen LogP contribution in [0.2, 0.25) is 0 Å². The van der Waals surface area contributed by atoms with Crippen molar-refractivity contribution in [3.63, 3.8) is 0 Å². The molecule has 0 saturated carbocycles. The number of fused-ring (bicyclic) bond motifs is 1. The molecule has 25 heavy (non-hydrogen) atoms. The van der Waals surface area contributed by atoms with Gasteiger partial charge < -0.3 is 25.1 Å². The van der Waals surface area contributed by atoms with E-state index in [2.05, 4.69) is 15.0 Å². The summed E-state index contributed by atoms with van der Waals surface area (Å²) in [5.41, 5.74) is 5.44. The Kier molecular flexibility index (Phi) is 4.57. The Labute approximate surface area is 141 Å². The second-order valence-electron chi connectivity index (χ2n) is 5.60. The molecular formula is C15H19N5O5. The van der Waals surface area contributed by atoms with Gasteiger partial charge in [0.1, 0.15) is 12.3 Å². The number of aliphatic hydroxyl groups is 2. The summed E-state index contributed by atoms with van der Waals surface area (Å²) in [7, 11) is 0. The molecule has 0 radical (unpaired) electrons. The topological polar surface area (TPSA) is 152 Å². The van der Waals surface area contributed by atoms with Crippen LogP contribution >= 0.6 is 0 Å². The van der Waals surface area contributed by atoms with Crippen LogP contribution in [0.3, 0.4) is 0 Å². The lowest BCUT2D eigenvalue weighted by atomic mass is 10.2. The maximum absolute atomic E-state index is 12.1. The number of nitrogens with one attached hydrogen (secondary N) is 1. The Morgan fingerprint density at radius 3 is 2.80 bits per heavy atom. The Morgan fingerprint density at radius 1 is 1.44 bits per heavy atom. The van der Waals surface area contributed by atoms with E-state index in [-0.39, 0.29) is 23.7 Å². The highest BCUT2D eigenvalue weighted by Crippen LogP contribution is 2.28. The molecule has 0 spiro atoms. The summed E-state index contributed by atoms with van der Waals surface area (Å²) in [4.78, 5) is 23.0. The Hall–Kier alpha value is -2.69. The summed E-state index contributed by atoms with van der Waals surface area (Å²) >= 11 is 0. The first-order chi connectivity index (χ1) is 11.9. The number of anilines is 1. The molecule has 5 N–H and O–H groups in total. The number of aromatic nitrogens is 4. The van der Waals surface area contributed by atoms with Gasteiger partial charge in [-0.05, 0) is 26.0 Å². The van der Waals surface area contributed by atoms with E-state index in [4.69, 9.17) is 14.9 Å². The van der Waals surface area contributed by atoms with Gasteiger partial charge in [-0.25, -0.2) is 4.98 Å². The highest BCUT2D eigenvalue weighted by molar-refractivity contribution is 5.76. The fraction of sp³-hybridized carbons (Fsp3) is 0.400. The highest BCUT2D eigenvalue weighted by atomic mass is 16.5. The molecule has 0 aliphatic carbocycles. The third-order valence-electron chi connectivity index (χ3n) is 3.76. The number of ether oxygens (including phenoxy) is 1. The molecule has 3 heterocycles. The second-order valence-corrected chi connectivity index (χ2v) is 5.60. The Bertz CT molecular complexity index is 914. The number of imidazole rings is 1. The first-order valence-electron chi connectivity index (χ1n) is 7.68. The van der Waals surface area contributed by atoms with Gasteiger partial charge in [0.05, 0.1) is 19.0 Å². The molecule has 3 rings (SSSR count). The molecule has 3 unspecified atom stereocenters. The van der Waals surface area contributed by atoms with E-state index in [0.717, 1.165) is 0 Å². The molecule has 0 amide bonds. The molecule has 0 bridgehead atoms. The third kappa shape index (κ3) is 3.14. The Balaban J connectivity index is 2.17. The normalized spacial score (nSPS) is 15.4. The summed E-state index contributed by atoms with van der Waals surface area (Å²) in [6, 6.07) is 3.36. The largest absolute Gasteiger partial charge is 0.461 e. The van der Waals surface area contributed by atoms with Crippen LogP contribution in [0.15, 0.2) is 27.6 Å². The number of furan rings is 1. The number of nitrogens with two attached hydrogens (primary N) is 1. The first-order valence-corrected chi connectivity index (χ1v) is 7.68. The fourth-order valence-electron chi connectivity index (χ4n) is 2.55. The Morgan fingerprint density at radius 2 is 2.20 bits per heavy atom. The second kappa shape index (κ2) is 6.67. The molecule has 0 aliphatic heterocycles. The molecule has 0 fully saturated rings. The van der Waals surface area contributed by atoms with Crippen LogP contribution in [-0.2, 0) is 4.74 Å². The van der Waals surface area contributed by atoms with E-state index in [9.17, 15) is 15.0 Å². The average Bonchev–Trinajstić information content (AvgIpc) is 3.18. The van der Waals surface area contributed by atoms with Crippen LogP contribution in [0.5, 0.6) is 0 Å².